The number of benzene rings is 10. The second kappa shape index (κ2) is 23.8. The fraction of sp³-hybridized carbons (Fsp3) is 0.0750. The lowest BCUT2D eigenvalue weighted by molar-refractivity contribution is 0.0517. The van der Waals surface area contributed by atoms with Gasteiger partial charge in [-0.1, -0.05) is 146 Å². The zero-order chi connectivity index (χ0) is 62.4. The first kappa shape index (κ1) is 56.5. The Morgan fingerprint density at radius 3 is 1.00 bits per heavy atom. The van der Waals surface area contributed by atoms with Gasteiger partial charge >= 0.3 is 11.9 Å². The Balaban J connectivity index is 1.03. The summed E-state index contributed by atoms with van der Waals surface area (Å²) in [6, 6.07) is 72.2. The largest absolute Gasteiger partial charge is 0.496 e. The van der Waals surface area contributed by atoms with E-state index in [2.05, 4.69) is 82.8 Å². The third kappa shape index (κ3) is 10.1. The van der Waals surface area contributed by atoms with Crippen LogP contribution < -0.4 is 18.9 Å². The van der Waals surface area contributed by atoms with Gasteiger partial charge in [-0.2, -0.15) is 0 Å². The van der Waals surface area contributed by atoms with Crippen molar-refractivity contribution in [3.05, 3.63) is 252 Å². The minimum absolute atomic E-state index is 0.239. The van der Waals surface area contributed by atoms with E-state index in [9.17, 15) is 9.59 Å². The van der Waals surface area contributed by atoms with Gasteiger partial charge in [0.05, 0.1) is 61.0 Å². The van der Waals surface area contributed by atoms with Crippen molar-refractivity contribution < 1.29 is 38.0 Å². The molecule has 2 aliphatic rings. The Labute approximate surface area is 529 Å². The lowest BCUT2D eigenvalue weighted by atomic mass is 9.92. The van der Waals surface area contributed by atoms with Crippen LogP contribution in [0.2, 0.25) is 0 Å². The maximum atomic E-state index is 13.2. The van der Waals surface area contributed by atoms with Crippen molar-refractivity contribution in [1.82, 2.24) is 19.9 Å². The highest BCUT2D eigenvalue weighted by atomic mass is 16.5. The van der Waals surface area contributed by atoms with E-state index in [4.69, 9.17) is 38.4 Å². The molecule has 0 unspecified atom stereocenters. The molecule has 12 nitrogen and oxygen atoms in total. The molecule has 8 bridgehead atoms. The average molecular weight is 1200 g/mol. The van der Waals surface area contributed by atoms with Crippen molar-refractivity contribution in [2.24, 2.45) is 0 Å². The summed E-state index contributed by atoms with van der Waals surface area (Å²) in [4.78, 5) is 45.1. The molecular weight excluding hydrogens is 1140 g/mol. The van der Waals surface area contributed by atoms with Crippen molar-refractivity contribution >= 4 is 101 Å². The maximum Gasteiger partial charge on any atom is 0.338 e. The van der Waals surface area contributed by atoms with E-state index in [1.165, 1.54) is 0 Å². The summed E-state index contributed by atoms with van der Waals surface area (Å²) in [5, 5.41) is 8.04. The van der Waals surface area contributed by atoms with Gasteiger partial charge in [-0.05, 0) is 165 Å². The molecule has 0 atom stereocenters. The number of H-pyrrole nitrogens is 2. The molecule has 0 amide bonds. The molecule has 0 fully saturated rings. The van der Waals surface area contributed by atoms with Crippen molar-refractivity contribution in [2.75, 3.05) is 27.4 Å². The third-order valence-corrected chi connectivity index (χ3v) is 17.0. The number of hydrogen-bond donors (Lipinski definition) is 2. The number of ether oxygens (including phenoxy) is 6. The van der Waals surface area contributed by atoms with Crippen LogP contribution in [-0.2, 0) is 9.47 Å². The monoisotopic (exact) mass is 1200 g/mol. The Morgan fingerprint density at radius 2 is 0.652 bits per heavy atom. The number of nitrogens with one attached hydrogen (secondary N) is 2. The molecule has 446 valence electrons. The quantitative estimate of drug-likeness (QED) is 0.101. The van der Waals surface area contributed by atoms with Crippen LogP contribution in [0.1, 0.15) is 57.3 Å². The van der Waals surface area contributed by atoms with Crippen molar-refractivity contribution in [3.8, 4) is 79.0 Å². The Kier molecular flexibility index (Phi) is 14.6. The molecule has 12 heteroatoms. The van der Waals surface area contributed by atoms with E-state index in [0.717, 1.165) is 87.6 Å². The molecule has 2 aliphatic heterocycles. The molecule has 0 spiro atoms. The summed E-state index contributed by atoms with van der Waals surface area (Å²) < 4.78 is 38.4. The van der Waals surface area contributed by atoms with Crippen molar-refractivity contribution in [3.63, 3.8) is 0 Å². The van der Waals surface area contributed by atoms with Crippen LogP contribution in [0.3, 0.4) is 0 Å². The third-order valence-electron chi connectivity index (χ3n) is 17.0. The molecule has 0 saturated heterocycles. The fourth-order valence-corrected chi connectivity index (χ4v) is 12.7. The number of rotatable bonds is 14. The molecule has 10 aromatic carbocycles. The summed E-state index contributed by atoms with van der Waals surface area (Å²) in [5.74, 6) is 2.52. The smallest absolute Gasteiger partial charge is 0.338 e. The highest BCUT2D eigenvalue weighted by Gasteiger charge is 2.26. The van der Waals surface area contributed by atoms with Crippen LogP contribution in [0.4, 0.5) is 0 Å². The molecule has 15 rings (SSSR count). The van der Waals surface area contributed by atoms with E-state index in [-0.39, 0.29) is 13.2 Å². The lowest BCUT2D eigenvalue weighted by Crippen LogP contribution is -2.04. The number of carbonyl (C=O) groups excluding carboxylic acids is 2. The van der Waals surface area contributed by atoms with E-state index >= 15 is 0 Å². The number of esters is 2. The molecule has 0 aliphatic carbocycles. The normalized spacial score (nSPS) is 11.8. The summed E-state index contributed by atoms with van der Waals surface area (Å²) >= 11 is 0. The summed E-state index contributed by atoms with van der Waals surface area (Å²) in [7, 11) is 3.38. The zero-order valence-corrected chi connectivity index (χ0v) is 50.7. The van der Waals surface area contributed by atoms with Gasteiger partial charge in [0.2, 0.25) is 0 Å². The van der Waals surface area contributed by atoms with Crippen LogP contribution in [0.15, 0.2) is 218 Å². The van der Waals surface area contributed by atoms with Crippen LogP contribution in [0.25, 0.3) is 134 Å². The predicted octanol–water partition coefficient (Wildman–Crippen LogP) is 19.9. The Hall–Kier alpha value is -12.0. The molecule has 0 radical (unpaired) electrons. The molecule has 92 heavy (non-hydrogen) atoms. The number of nitrogens with zero attached hydrogens (tertiary/aromatic N) is 2. The van der Waals surface area contributed by atoms with Gasteiger partial charge in [-0.25, -0.2) is 19.6 Å². The molecule has 5 heterocycles. The van der Waals surface area contributed by atoms with E-state index < -0.39 is 11.9 Å². The number of aromatic amines is 2. The molecule has 3 aromatic heterocycles. The van der Waals surface area contributed by atoms with Gasteiger partial charge in [0.1, 0.15) is 34.4 Å². The second-order valence-electron chi connectivity index (χ2n) is 22.3. The number of fused-ring (bicyclic) bond motifs is 12. The van der Waals surface area contributed by atoms with Gasteiger partial charge in [0.15, 0.2) is 11.5 Å². The Morgan fingerprint density at radius 1 is 0.337 bits per heavy atom. The molecule has 0 saturated carbocycles. The second-order valence-corrected chi connectivity index (χ2v) is 22.3. The summed E-state index contributed by atoms with van der Waals surface area (Å²) in [5.41, 5.74) is 12.1. The zero-order valence-electron chi connectivity index (χ0n) is 50.7. The first-order valence-corrected chi connectivity index (χ1v) is 30.5. The van der Waals surface area contributed by atoms with Crippen LogP contribution in [-0.4, -0.2) is 59.3 Å². The minimum Gasteiger partial charge on any atom is -0.496 e. The van der Waals surface area contributed by atoms with E-state index in [1.54, 1.807) is 52.3 Å². The van der Waals surface area contributed by atoms with E-state index in [0.29, 0.717) is 90.5 Å². The van der Waals surface area contributed by atoms with Gasteiger partial charge in [-0.15, -0.1) is 0 Å². The fourth-order valence-electron chi connectivity index (χ4n) is 12.7. The molecular formula is C80H58N4O8. The lowest BCUT2D eigenvalue weighted by Gasteiger charge is -2.19. The van der Waals surface area contributed by atoms with Crippen molar-refractivity contribution in [1.29, 1.82) is 0 Å². The summed E-state index contributed by atoms with van der Waals surface area (Å²) in [6.45, 7) is 4.06. The van der Waals surface area contributed by atoms with Gasteiger partial charge in [0.25, 0.3) is 0 Å². The number of aromatic nitrogens is 4. The van der Waals surface area contributed by atoms with Gasteiger partial charge < -0.3 is 38.4 Å². The minimum atomic E-state index is -0.421. The van der Waals surface area contributed by atoms with Crippen LogP contribution in [0, 0.1) is 0 Å². The van der Waals surface area contributed by atoms with Crippen LogP contribution >= 0.6 is 0 Å². The van der Waals surface area contributed by atoms with Gasteiger partial charge in [-0.3, -0.25) is 0 Å². The predicted molar refractivity (Wildman–Crippen MR) is 369 cm³/mol. The average Bonchev–Trinajstić information content (AvgIpc) is 0.931. The van der Waals surface area contributed by atoms with Crippen molar-refractivity contribution in [2.45, 2.75) is 13.8 Å². The standard InChI is InChI=1S/C80H58N4O8/c1-5-89-79(85)53-27-23-51(24-28-53)71-59-35-39-63(81-59)77(91-69-45-33-49-17-9-13-21-57(49)75(69)73-55-19-11-7-15-47(55)31-43-67(73)87-3)65-41-37-61(83-65)72(52-25-29-54(30-26-52)80(86)90-6-2)62-38-42-66(84-62)78(64-40-36-60(71)82-64)92-70-46-34-50-18-10-14-22-58(50)76(70)74-56-20-12-8-16-48(56)32-44-68(74)88-4/h7-46,81,84H,5-6H2,1-4H3. The first-order valence-electron chi connectivity index (χ1n) is 30.5. The number of methoxy groups -OCH3 is 2. The maximum absolute atomic E-state index is 13.2. The van der Waals surface area contributed by atoms with Gasteiger partial charge in [0, 0.05) is 44.4 Å². The summed E-state index contributed by atoms with van der Waals surface area (Å²) in [6.07, 6.45) is 7.90. The number of hydrogen-bond acceptors (Lipinski definition) is 10. The number of carbonyl (C=O) groups is 2. The topological polar surface area (TPSA) is 147 Å². The molecule has 2 N–H and O–H groups in total. The first-order chi connectivity index (χ1) is 45.2. The Bertz CT molecular complexity index is 5060. The van der Waals surface area contributed by atoms with Crippen LogP contribution in [0.5, 0.6) is 34.5 Å². The molecule has 13 aromatic rings. The van der Waals surface area contributed by atoms with E-state index in [1.807, 2.05) is 146 Å². The highest BCUT2D eigenvalue weighted by molar-refractivity contribution is 6.12. The highest BCUT2D eigenvalue weighted by Crippen LogP contribution is 2.50. The SMILES string of the molecule is CCOC(=O)c1ccc(-c2c3nc(c(Oc4ccc5ccccc5c4-c4c(OC)ccc5ccccc45)c4ccc([nH]4)c(-c4ccc(C(=O)OCC)cc4)c4nc(c(Oc5ccc6ccccc6c5-c5c(OC)ccc6ccccc56)c5ccc2[nH]5)C=C4)C=C3)cc1.